The lowest BCUT2D eigenvalue weighted by molar-refractivity contribution is 0.199. The van der Waals surface area contributed by atoms with Gasteiger partial charge in [0.25, 0.3) is 0 Å². The van der Waals surface area contributed by atoms with Gasteiger partial charge in [-0.15, -0.1) is 0 Å². The van der Waals surface area contributed by atoms with Crippen molar-refractivity contribution in [3.63, 3.8) is 0 Å². The first-order valence-electron chi connectivity index (χ1n) is 9.50. The first-order valence-corrected chi connectivity index (χ1v) is 9.50. The summed E-state index contributed by atoms with van der Waals surface area (Å²) >= 11 is 0. The van der Waals surface area contributed by atoms with Crippen molar-refractivity contribution < 1.29 is 9.26 Å². The number of methoxy groups -OCH3 is 1. The molecule has 4 heterocycles. The molecule has 1 unspecified atom stereocenters. The van der Waals surface area contributed by atoms with Crippen LogP contribution in [-0.2, 0) is 11.3 Å². The molecule has 0 saturated carbocycles. The van der Waals surface area contributed by atoms with Gasteiger partial charge in [-0.3, -0.25) is 9.88 Å². The summed E-state index contributed by atoms with van der Waals surface area (Å²) in [5.41, 5.74) is 1.89. The van der Waals surface area contributed by atoms with Crippen molar-refractivity contribution in [3.8, 4) is 11.4 Å². The molecule has 0 aliphatic carbocycles. The molecule has 0 amide bonds. The van der Waals surface area contributed by atoms with E-state index in [9.17, 15) is 0 Å². The Balaban J connectivity index is 1.43. The fourth-order valence-electron chi connectivity index (χ4n) is 3.39. The predicted molar refractivity (Wildman–Crippen MR) is 105 cm³/mol. The van der Waals surface area contributed by atoms with Gasteiger partial charge in [0.05, 0.1) is 18.3 Å². The molecule has 1 fully saturated rings. The van der Waals surface area contributed by atoms with Crippen LogP contribution in [0.4, 0.5) is 5.82 Å². The minimum atomic E-state index is 0.131. The van der Waals surface area contributed by atoms with Crippen LogP contribution >= 0.6 is 0 Å². The zero-order valence-electron chi connectivity index (χ0n) is 15.9. The summed E-state index contributed by atoms with van der Waals surface area (Å²) in [6, 6.07) is 9.97. The molecule has 0 radical (unpaired) electrons. The van der Waals surface area contributed by atoms with E-state index in [1.807, 2.05) is 36.5 Å². The third-order valence-electron chi connectivity index (χ3n) is 4.82. The Labute approximate surface area is 164 Å². The third-order valence-corrected chi connectivity index (χ3v) is 4.82. The molecule has 1 aliphatic heterocycles. The van der Waals surface area contributed by atoms with Gasteiger partial charge in [0.15, 0.2) is 0 Å². The smallest absolute Gasteiger partial charge is 0.244 e. The molecule has 0 aromatic carbocycles. The van der Waals surface area contributed by atoms with Crippen molar-refractivity contribution in [1.82, 2.24) is 25.0 Å². The number of anilines is 1. The van der Waals surface area contributed by atoms with Crippen molar-refractivity contribution in [2.24, 2.45) is 0 Å². The fourth-order valence-corrected chi connectivity index (χ4v) is 3.39. The molecule has 3 aromatic heterocycles. The Morgan fingerprint density at radius 1 is 1.25 bits per heavy atom. The lowest BCUT2D eigenvalue weighted by Gasteiger charge is -2.20. The topological polar surface area (TPSA) is 89.2 Å². The monoisotopic (exact) mass is 380 g/mol. The van der Waals surface area contributed by atoms with Crippen LogP contribution in [0.5, 0.6) is 0 Å². The second kappa shape index (κ2) is 8.90. The predicted octanol–water partition coefficient (Wildman–Crippen LogP) is 2.92. The van der Waals surface area contributed by atoms with E-state index < -0.39 is 0 Å². The maximum absolute atomic E-state index is 5.60. The molecule has 8 heteroatoms. The number of likely N-dealkylation sites (tertiary alicyclic amines) is 1. The Morgan fingerprint density at radius 2 is 2.21 bits per heavy atom. The molecule has 0 spiro atoms. The molecule has 28 heavy (non-hydrogen) atoms. The highest BCUT2D eigenvalue weighted by Gasteiger charge is 2.31. The summed E-state index contributed by atoms with van der Waals surface area (Å²) in [4.78, 5) is 15.8. The van der Waals surface area contributed by atoms with E-state index in [4.69, 9.17) is 9.26 Å². The standard InChI is InChI=1S/C20H24N6O2/c1-27-12-10-22-18-8-7-15(13-23-18)19-24-20(28-25-19)17-6-4-11-26(17)14-16-5-2-3-9-21-16/h2-3,5,7-9,13,17H,4,6,10-12,14H2,1H3,(H,22,23). The van der Waals surface area contributed by atoms with Crippen molar-refractivity contribution in [2.45, 2.75) is 25.4 Å². The van der Waals surface area contributed by atoms with Crippen LogP contribution < -0.4 is 5.32 Å². The summed E-state index contributed by atoms with van der Waals surface area (Å²) in [5, 5.41) is 7.36. The molecule has 3 aromatic rings. The number of nitrogens with zero attached hydrogens (tertiary/aromatic N) is 5. The Hall–Kier alpha value is -2.84. The number of ether oxygens (including phenoxy) is 1. The van der Waals surface area contributed by atoms with Crippen LogP contribution in [-0.4, -0.2) is 51.8 Å². The highest BCUT2D eigenvalue weighted by molar-refractivity contribution is 5.55. The van der Waals surface area contributed by atoms with Crippen molar-refractivity contribution >= 4 is 5.82 Å². The first kappa shape index (κ1) is 18.5. The number of aromatic nitrogens is 4. The van der Waals surface area contributed by atoms with E-state index in [1.54, 1.807) is 13.3 Å². The number of rotatable bonds is 8. The van der Waals surface area contributed by atoms with E-state index in [2.05, 4.69) is 30.3 Å². The van der Waals surface area contributed by atoms with Crippen molar-refractivity contribution in [3.05, 3.63) is 54.3 Å². The number of pyridine rings is 2. The summed E-state index contributed by atoms with van der Waals surface area (Å²) in [5.74, 6) is 2.02. The SMILES string of the molecule is COCCNc1ccc(-c2noc(C3CCCN3Cc3ccccn3)n2)cn1. The molecule has 1 saturated heterocycles. The van der Waals surface area contributed by atoms with Gasteiger partial charge in [-0.05, 0) is 43.7 Å². The number of hydrogen-bond acceptors (Lipinski definition) is 8. The van der Waals surface area contributed by atoms with Gasteiger partial charge in [0, 0.05) is 38.2 Å². The van der Waals surface area contributed by atoms with Gasteiger partial charge in [0.2, 0.25) is 11.7 Å². The maximum atomic E-state index is 5.60. The summed E-state index contributed by atoms with van der Waals surface area (Å²) in [7, 11) is 1.67. The minimum absolute atomic E-state index is 0.131. The lowest BCUT2D eigenvalue weighted by Crippen LogP contribution is -2.23. The van der Waals surface area contributed by atoms with Gasteiger partial charge >= 0.3 is 0 Å². The quantitative estimate of drug-likeness (QED) is 0.597. The van der Waals surface area contributed by atoms with Crippen LogP contribution in [0, 0.1) is 0 Å². The zero-order valence-corrected chi connectivity index (χ0v) is 15.9. The van der Waals surface area contributed by atoms with E-state index in [-0.39, 0.29) is 6.04 Å². The van der Waals surface area contributed by atoms with Crippen LogP contribution in [0.1, 0.15) is 30.5 Å². The van der Waals surface area contributed by atoms with Gasteiger partial charge in [-0.1, -0.05) is 11.2 Å². The molecule has 1 aliphatic rings. The molecule has 1 N–H and O–H groups in total. The normalized spacial score (nSPS) is 17.1. The van der Waals surface area contributed by atoms with E-state index in [0.29, 0.717) is 24.9 Å². The zero-order chi connectivity index (χ0) is 19.2. The second-order valence-corrected chi connectivity index (χ2v) is 6.76. The summed E-state index contributed by atoms with van der Waals surface area (Å²) < 4.78 is 10.6. The first-order chi connectivity index (χ1) is 13.8. The average Bonchev–Trinajstić information content (AvgIpc) is 3.39. The van der Waals surface area contributed by atoms with Gasteiger partial charge < -0.3 is 14.6 Å². The number of hydrogen-bond donors (Lipinski definition) is 1. The molecule has 146 valence electrons. The van der Waals surface area contributed by atoms with Gasteiger partial charge in [0.1, 0.15) is 5.82 Å². The second-order valence-electron chi connectivity index (χ2n) is 6.76. The highest BCUT2D eigenvalue weighted by Crippen LogP contribution is 2.33. The Kier molecular flexibility index (Phi) is 5.89. The molecular formula is C20H24N6O2. The molecule has 8 nitrogen and oxygen atoms in total. The third kappa shape index (κ3) is 4.35. The fraction of sp³-hybridized carbons (Fsp3) is 0.400. The van der Waals surface area contributed by atoms with Crippen molar-refractivity contribution in [2.75, 3.05) is 32.1 Å². The summed E-state index contributed by atoms with van der Waals surface area (Å²) in [6.07, 6.45) is 5.70. The molecular weight excluding hydrogens is 356 g/mol. The van der Waals surface area contributed by atoms with E-state index in [0.717, 1.165) is 43.0 Å². The van der Waals surface area contributed by atoms with Crippen molar-refractivity contribution in [1.29, 1.82) is 0 Å². The van der Waals surface area contributed by atoms with Crippen LogP contribution in [0.2, 0.25) is 0 Å². The Bertz CT molecular complexity index is 868. The maximum Gasteiger partial charge on any atom is 0.244 e. The summed E-state index contributed by atoms with van der Waals surface area (Å²) in [6.45, 7) is 3.13. The van der Waals surface area contributed by atoms with E-state index >= 15 is 0 Å². The van der Waals surface area contributed by atoms with Crippen LogP contribution in [0.25, 0.3) is 11.4 Å². The minimum Gasteiger partial charge on any atom is -0.383 e. The van der Waals surface area contributed by atoms with Crippen LogP contribution in [0.3, 0.4) is 0 Å². The Morgan fingerprint density at radius 3 is 3.00 bits per heavy atom. The lowest BCUT2D eigenvalue weighted by atomic mass is 10.2. The number of nitrogens with one attached hydrogen (secondary N) is 1. The molecule has 4 rings (SSSR count). The van der Waals surface area contributed by atoms with Gasteiger partial charge in [-0.25, -0.2) is 4.98 Å². The average molecular weight is 380 g/mol. The highest BCUT2D eigenvalue weighted by atomic mass is 16.5. The molecule has 0 bridgehead atoms. The van der Waals surface area contributed by atoms with Gasteiger partial charge in [-0.2, -0.15) is 4.98 Å². The largest absolute Gasteiger partial charge is 0.383 e. The van der Waals surface area contributed by atoms with Crippen LogP contribution in [0.15, 0.2) is 47.2 Å². The molecule has 1 atom stereocenters. The van der Waals surface area contributed by atoms with E-state index in [1.165, 1.54) is 0 Å².